The fourth-order valence-corrected chi connectivity index (χ4v) is 4.74. The van der Waals surface area contributed by atoms with Crippen molar-refractivity contribution in [1.82, 2.24) is 14.8 Å². The highest BCUT2D eigenvalue weighted by Crippen LogP contribution is 2.25. The van der Waals surface area contributed by atoms with Crippen LogP contribution in [0.25, 0.3) is 11.1 Å². The van der Waals surface area contributed by atoms with Crippen molar-refractivity contribution in [2.45, 2.75) is 26.3 Å². The minimum atomic E-state index is -0.488. The molecule has 0 N–H and O–H groups in total. The van der Waals surface area contributed by atoms with Gasteiger partial charge in [0.15, 0.2) is 0 Å². The normalized spacial score (nSPS) is 16.7. The third-order valence-electron chi connectivity index (χ3n) is 5.53. The van der Waals surface area contributed by atoms with Crippen LogP contribution in [-0.4, -0.2) is 52.3 Å². The van der Waals surface area contributed by atoms with E-state index in [0.29, 0.717) is 30.9 Å². The van der Waals surface area contributed by atoms with Crippen LogP contribution in [0.5, 0.6) is 0 Å². The summed E-state index contributed by atoms with van der Waals surface area (Å²) in [4.78, 5) is 36.0. The summed E-state index contributed by atoms with van der Waals surface area (Å²) >= 11 is 1.48. The Kier molecular flexibility index (Phi) is 5.95. The number of likely N-dealkylation sites (N-methyl/N-ethyl adjacent to an activating group) is 1. The van der Waals surface area contributed by atoms with Gasteiger partial charge in [0.05, 0.1) is 4.88 Å². The zero-order valence-corrected chi connectivity index (χ0v) is 18.1. The van der Waals surface area contributed by atoms with E-state index in [0.717, 1.165) is 21.6 Å². The van der Waals surface area contributed by atoms with E-state index < -0.39 is 6.04 Å². The van der Waals surface area contributed by atoms with Gasteiger partial charge in [0.1, 0.15) is 6.04 Å². The molecule has 3 heterocycles. The molecule has 154 valence electrons. The molecule has 0 aliphatic carbocycles. The maximum Gasteiger partial charge on any atom is 0.264 e. The number of rotatable bonds is 5. The van der Waals surface area contributed by atoms with Crippen molar-refractivity contribution >= 4 is 23.2 Å². The van der Waals surface area contributed by atoms with E-state index in [1.807, 2.05) is 67.4 Å². The molecule has 0 bridgehead atoms. The number of benzene rings is 1. The summed E-state index contributed by atoms with van der Waals surface area (Å²) in [5.41, 5.74) is 3.13. The highest BCUT2D eigenvalue weighted by molar-refractivity contribution is 7.13. The molecular weight excluding hydrogens is 394 g/mol. The molecule has 1 aliphatic rings. The molecule has 0 radical (unpaired) electrons. The molecule has 5 nitrogen and oxygen atoms in total. The molecule has 1 aliphatic heterocycles. The maximum atomic E-state index is 13.2. The predicted molar refractivity (Wildman–Crippen MR) is 120 cm³/mol. The van der Waals surface area contributed by atoms with Crippen molar-refractivity contribution in [1.29, 1.82) is 0 Å². The molecule has 6 heteroatoms. The first-order valence-corrected chi connectivity index (χ1v) is 11.0. The van der Waals surface area contributed by atoms with Crippen molar-refractivity contribution in [2.75, 3.05) is 19.6 Å². The van der Waals surface area contributed by atoms with Crippen molar-refractivity contribution in [3.8, 4) is 11.1 Å². The lowest BCUT2D eigenvalue weighted by molar-refractivity contribution is -0.139. The van der Waals surface area contributed by atoms with E-state index in [1.54, 1.807) is 11.1 Å². The van der Waals surface area contributed by atoms with Crippen LogP contribution >= 0.6 is 11.3 Å². The number of amides is 2. The van der Waals surface area contributed by atoms with Crippen molar-refractivity contribution in [2.24, 2.45) is 0 Å². The number of thiophene rings is 1. The quantitative estimate of drug-likeness (QED) is 0.627. The molecule has 1 saturated heterocycles. The zero-order chi connectivity index (χ0) is 21.1. The third-order valence-corrected chi connectivity index (χ3v) is 6.52. The van der Waals surface area contributed by atoms with E-state index in [9.17, 15) is 9.59 Å². The van der Waals surface area contributed by atoms with Gasteiger partial charge < -0.3 is 9.80 Å². The molecule has 1 fully saturated rings. The van der Waals surface area contributed by atoms with Crippen LogP contribution in [0.4, 0.5) is 0 Å². The van der Waals surface area contributed by atoms with Crippen molar-refractivity contribution in [3.05, 3.63) is 76.2 Å². The lowest BCUT2D eigenvalue weighted by Gasteiger charge is -2.40. The smallest absolute Gasteiger partial charge is 0.264 e. The second-order valence-electron chi connectivity index (χ2n) is 7.49. The van der Waals surface area contributed by atoms with Crippen LogP contribution < -0.4 is 0 Å². The van der Waals surface area contributed by atoms with E-state index in [4.69, 9.17) is 0 Å². The van der Waals surface area contributed by atoms with Gasteiger partial charge in [-0.15, -0.1) is 11.3 Å². The van der Waals surface area contributed by atoms with Crippen molar-refractivity contribution in [3.63, 3.8) is 0 Å². The van der Waals surface area contributed by atoms with Gasteiger partial charge in [-0.1, -0.05) is 30.3 Å². The molecule has 30 heavy (non-hydrogen) atoms. The summed E-state index contributed by atoms with van der Waals surface area (Å²) in [6.07, 6.45) is 4.08. The second kappa shape index (κ2) is 8.79. The first-order chi connectivity index (χ1) is 14.6. The Morgan fingerprint density at radius 2 is 1.97 bits per heavy atom. The Balaban J connectivity index is 1.63. The van der Waals surface area contributed by atoms with E-state index in [-0.39, 0.29) is 11.8 Å². The van der Waals surface area contributed by atoms with Crippen LogP contribution in [-0.2, 0) is 11.2 Å². The number of pyridine rings is 1. The lowest BCUT2D eigenvalue weighted by Crippen LogP contribution is -2.59. The highest BCUT2D eigenvalue weighted by atomic mass is 32.1. The molecule has 4 rings (SSSR count). The Hall–Kier alpha value is -2.99. The number of aryl methyl sites for hydroxylation is 1. The number of carbonyl (C=O) groups excluding carboxylic acids is 2. The van der Waals surface area contributed by atoms with E-state index in [2.05, 4.69) is 11.1 Å². The number of hydrogen-bond donors (Lipinski definition) is 0. The van der Waals surface area contributed by atoms with Gasteiger partial charge in [-0.3, -0.25) is 14.6 Å². The van der Waals surface area contributed by atoms with E-state index in [1.165, 1.54) is 11.3 Å². The predicted octanol–water partition coefficient (Wildman–Crippen LogP) is 4.03. The monoisotopic (exact) mass is 419 g/mol. The maximum absolute atomic E-state index is 13.2. The number of carbonyl (C=O) groups is 2. The van der Waals surface area contributed by atoms with Gasteiger partial charge >= 0.3 is 0 Å². The van der Waals surface area contributed by atoms with Crippen LogP contribution in [0.2, 0.25) is 0 Å². The summed E-state index contributed by atoms with van der Waals surface area (Å²) in [5, 5.41) is 0. The van der Waals surface area contributed by atoms with Gasteiger partial charge in [-0.2, -0.15) is 0 Å². The first-order valence-electron chi connectivity index (χ1n) is 10.2. The van der Waals surface area contributed by atoms with Gasteiger partial charge in [0, 0.05) is 43.3 Å². The van der Waals surface area contributed by atoms with Crippen LogP contribution in [0.15, 0.2) is 60.9 Å². The van der Waals surface area contributed by atoms with Crippen LogP contribution in [0.1, 0.15) is 27.0 Å². The van der Waals surface area contributed by atoms with Gasteiger partial charge in [0.2, 0.25) is 5.91 Å². The Morgan fingerprint density at radius 1 is 1.13 bits per heavy atom. The first kappa shape index (κ1) is 20.3. The fourth-order valence-electron chi connectivity index (χ4n) is 3.92. The Morgan fingerprint density at radius 3 is 2.67 bits per heavy atom. The van der Waals surface area contributed by atoms with E-state index >= 15 is 0 Å². The summed E-state index contributed by atoms with van der Waals surface area (Å²) < 4.78 is 0. The van der Waals surface area contributed by atoms with Crippen LogP contribution in [0, 0.1) is 6.92 Å². The minimum absolute atomic E-state index is 0.0251. The zero-order valence-electron chi connectivity index (χ0n) is 17.2. The Labute approximate surface area is 181 Å². The molecular formula is C24H25N3O2S. The molecule has 3 aromatic rings. The number of hydrogen-bond acceptors (Lipinski definition) is 4. The topological polar surface area (TPSA) is 53.5 Å². The van der Waals surface area contributed by atoms with Crippen LogP contribution in [0.3, 0.4) is 0 Å². The standard InChI is InChI=1S/C24H25N3O2S/c1-3-26-12-13-27(24(29)22-10-9-17(2)30-22)21(23(26)28)15-18-6-4-7-19(14-18)20-8-5-11-25-16-20/h4-11,14,16,21H,3,12-13,15H2,1-2H3. The number of aromatic nitrogens is 1. The summed E-state index contributed by atoms with van der Waals surface area (Å²) in [5.74, 6) is -0.0252. The average Bonchev–Trinajstić information content (AvgIpc) is 3.22. The highest BCUT2D eigenvalue weighted by Gasteiger charge is 2.37. The van der Waals surface area contributed by atoms with Gasteiger partial charge in [0.25, 0.3) is 5.91 Å². The largest absolute Gasteiger partial charge is 0.339 e. The lowest BCUT2D eigenvalue weighted by atomic mass is 9.97. The minimum Gasteiger partial charge on any atom is -0.339 e. The number of nitrogens with zero attached hydrogens (tertiary/aromatic N) is 3. The molecule has 2 amide bonds. The molecule has 2 aromatic heterocycles. The summed E-state index contributed by atoms with van der Waals surface area (Å²) in [7, 11) is 0. The number of piperazine rings is 1. The second-order valence-corrected chi connectivity index (χ2v) is 8.78. The van der Waals surface area contributed by atoms with Gasteiger partial charge in [-0.25, -0.2) is 0 Å². The molecule has 0 saturated carbocycles. The third kappa shape index (κ3) is 4.14. The van der Waals surface area contributed by atoms with Gasteiger partial charge in [-0.05, 0) is 48.7 Å². The fraction of sp³-hybridized carbons (Fsp3) is 0.292. The Bertz CT molecular complexity index is 1050. The summed E-state index contributed by atoms with van der Waals surface area (Å²) in [6.45, 7) is 5.77. The SMILES string of the molecule is CCN1CCN(C(=O)c2ccc(C)s2)C(Cc2cccc(-c3cccnc3)c2)C1=O. The summed E-state index contributed by atoms with van der Waals surface area (Å²) in [6, 6.07) is 15.4. The molecule has 0 spiro atoms. The van der Waals surface area contributed by atoms with Crippen molar-refractivity contribution < 1.29 is 9.59 Å². The molecule has 1 aromatic carbocycles. The average molecular weight is 420 g/mol. The molecule has 1 atom stereocenters. The molecule has 1 unspecified atom stereocenters.